The first kappa shape index (κ1) is 14.1. The molecule has 3 rings (SSSR count). The summed E-state index contributed by atoms with van der Waals surface area (Å²) in [6.07, 6.45) is 6.05. The van der Waals surface area contributed by atoms with E-state index in [4.69, 9.17) is 0 Å². The average molecular weight is 281 g/mol. The standard InChI is InChI=1S/C18H23N3/c1-21(13-9-15-6-10-19-11-7-15)14-16-8-12-20-18-5-3-2-4-17(16)18/h2-7,10-11,16,20H,8-9,12-14H2,1H3. The van der Waals surface area contributed by atoms with Crippen LogP contribution in [0.2, 0.25) is 0 Å². The Bertz CT molecular complexity index is 568. The summed E-state index contributed by atoms with van der Waals surface area (Å²) >= 11 is 0. The van der Waals surface area contributed by atoms with Gasteiger partial charge in [0.1, 0.15) is 0 Å². The minimum absolute atomic E-state index is 0.643. The summed E-state index contributed by atoms with van der Waals surface area (Å²) in [6, 6.07) is 12.9. The van der Waals surface area contributed by atoms with E-state index in [1.54, 1.807) is 0 Å². The fraction of sp³-hybridized carbons (Fsp3) is 0.389. The molecule has 3 heteroatoms. The molecule has 21 heavy (non-hydrogen) atoms. The first-order valence-electron chi connectivity index (χ1n) is 7.73. The Kier molecular flexibility index (Phi) is 4.51. The molecule has 1 aromatic heterocycles. The summed E-state index contributed by atoms with van der Waals surface area (Å²) < 4.78 is 0. The fourth-order valence-corrected chi connectivity index (χ4v) is 3.08. The number of benzene rings is 1. The van der Waals surface area contributed by atoms with Crippen LogP contribution in [0.4, 0.5) is 5.69 Å². The van der Waals surface area contributed by atoms with E-state index in [9.17, 15) is 0 Å². The Morgan fingerprint density at radius 2 is 2.00 bits per heavy atom. The van der Waals surface area contributed by atoms with Crippen molar-refractivity contribution in [2.75, 3.05) is 32.0 Å². The maximum Gasteiger partial charge on any atom is 0.0376 e. The van der Waals surface area contributed by atoms with Crippen molar-refractivity contribution in [2.45, 2.75) is 18.8 Å². The quantitative estimate of drug-likeness (QED) is 0.912. The van der Waals surface area contributed by atoms with Crippen molar-refractivity contribution in [2.24, 2.45) is 0 Å². The van der Waals surface area contributed by atoms with Crippen LogP contribution in [0.15, 0.2) is 48.8 Å². The number of nitrogens with one attached hydrogen (secondary N) is 1. The minimum Gasteiger partial charge on any atom is -0.385 e. The van der Waals surface area contributed by atoms with Crippen molar-refractivity contribution in [3.8, 4) is 0 Å². The molecule has 0 bridgehead atoms. The number of fused-ring (bicyclic) bond motifs is 1. The number of likely N-dealkylation sites (N-methyl/N-ethyl adjacent to an activating group) is 1. The molecule has 1 aliphatic rings. The molecular weight excluding hydrogens is 258 g/mol. The molecule has 1 N–H and O–H groups in total. The van der Waals surface area contributed by atoms with Gasteiger partial charge in [-0.25, -0.2) is 0 Å². The average Bonchev–Trinajstić information content (AvgIpc) is 2.54. The summed E-state index contributed by atoms with van der Waals surface area (Å²) in [6.45, 7) is 3.31. The number of para-hydroxylation sites is 1. The normalized spacial score (nSPS) is 17.3. The molecule has 1 aliphatic heterocycles. The predicted molar refractivity (Wildman–Crippen MR) is 87.7 cm³/mol. The highest BCUT2D eigenvalue weighted by molar-refractivity contribution is 5.54. The smallest absolute Gasteiger partial charge is 0.0376 e. The number of pyridine rings is 1. The molecule has 110 valence electrons. The third-order valence-electron chi connectivity index (χ3n) is 4.27. The third-order valence-corrected chi connectivity index (χ3v) is 4.27. The Morgan fingerprint density at radius 3 is 2.86 bits per heavy atom. The van der Waals surface area contributed by atoms with Gasteiger partial charge < -0.3 is 10.2 Å². The minimum atomic E-state index is 0.643. The molecule has 2 aromatic rings. The van der Waals surface area contributed by atoms with Crippen LogP contribution in [0, 0.1) is 0 Å². The number of hydrogen-bond donors (Lipinski definition) is 1. The first-order chi connectivity index (χ1) is 10.3. The molecular formula is C18H23N3. The number of rotatable bonds is 5. The van der Waals surface area contributed by atoms with E-state index in [2.05, 4.69) is 58.6 Å². The van der Waals surface area contributed by atoms with Crippen LogP contribution in [0.3, 0.4) is 0 Å². The maximum absolute atomic E-state index is 4.07. The number of aromatic nitrogens is 1. The van der Waals surface area contributed by atoms with E-state index in [1.165, 1.54) is 23.2 Å². The zero-order valence-electron chi connectivity index (χ0n) is 12.6. The van der Waals surface area contributed by atoms with Gasteiger partial charge in [0.05, 0.1) is 0 Å². The third kappa shape index (κ3) is 3.61. The van der Waals surface area contributed by atoms with Gasteiger partial charge >= 0.3 is 0 Å². The molecule has 0 aliphatic carbocycles. The number of nitrogens with zero attached hydrogens (tertiary/aromatic N) is 2. The second kappa shape index (κ2) is 6.72. The van der Waals surface area contributed by atoms with Gasteiger partial charge in [0.25, 0.3) is 0 Å². The number of anilines is 1. The lowest BCUT2D eigenvalue weighted by Crippen LogP contribution is -2.30. The molecule has 0 fully saturated rings. The molecule has 2 heterocycles. The van der Waals surface area contributed by atoms with Crippen molar-refractivity contribution in [1.82, 2.24) is 9.88 Å². The molecule has 0 amide bonds. The van der Waals surface area contributed by atoms with Crippen LogP contribution >= 0.6 is 0 Å². The first-order valence-corrected chi connectivity index (χ1v) is 7.73. The lowest BCUT2D eigenvalue weighted by molar-refractivity contribution is 0.308. The molecule has 1 atom stereocenters. The second-order valence-corrected chi connectivity index (χ2v) is 5.87. The molecule has 1 aromatic carbocycles. The zero-order valence-corrected chi connectivity index (χ0v) is 12.6. The molecule has 0 saturated heterocycles. The predicted octanol–water partition coefficient (Wildman–Crippen LogP) is 3.16. The number of hydrogen-bond acceptors (Lipinski definition) is 3. The van der Waals surface area contributed by atoms with Crippen molar-refractivity contribution in [3.05, 3.63) is 59.9 Å². The van der Waals surface area contributed by atoms with Gasteiger partial charge in [-0.15, -0.1) is 0 Å². The van der Waals surface area contributed by atoms with E-state index < -0.39 is 0 Å². The van der Waals surface area contributed by atoms with Gasteiger partial charge in [-0.05, 0) is 49.2 Å². The van der Waals surface area contributed by atoms with Crippen LogP contribution in [0.1, 0.15) is 23.5 Å². The van der Waals surface area contributed by atoms with Crippen LogP contribution in [-0.2, 0) is 6.42 Å². The summed E-state index contributed by atoms with van der Waals surface area (Å²) in [4.78, 5) is 6.52. The highest BCUT2D eigenvalue weighted by Crippen LogP contribution is 2.31. The van der Waals surface area contributed by atoms with Gasteiger partial charge in [-0.2, -0.15) is 0 Å². The monoisotopic (exact) mass is 281 g/mol. The van der Waals surface area contributed by atoms with Crippen LogP contribution in [0.25, 0.3) is 0 Å². The van der Waals surface area contributed by atoms with Crippen LogP contribution in [0.5, 0.6) is 0 Å². The zero-order chi connectivity index (χ0) is 14.5. The van der Waals surface area contributed by atoms with Crippen molar-refractivity contribution < 1.29 is 0 Å². The maximum atomic E-state index is 4.07. The molecule has 3 nitrogen and oxygen atoms in total. The highest BCUT2D eigenvalue weighted by atomic mass is 15.1. The molecule has 0 spiro atoms. The Balaban J connectivity index is 1.57. The van der Waals surface area contributed by atoms with Crippen molar-refractivity contribution >= 4 is 5.69 Å². The van der Waals surface area contributed by atoms with Crippen LogP contribution < -0.4 is 5.32 Å². The van der Waals surface area contributed by atoms with E-state index in [0.717, 1.165) is 26.1 Å². The summed E-state index contributed by atoms with van der Waals surface area (Å²) in [5.74, 6) is 0.643. The SMILES string of the molecule is CN(CCc1ccncc1)CC1CCNc2ccccc21. The van der Waals surface area contributed by atoms with E-state index in [-0.39, 0.29) is 0 Å². The van der Waals surface area contributed by atoms with Gasteiger partial charge in [0, 0.05) is 43.6 Å². The van der Waals surface area contributed by atoms with Gasteiger partial charge in [0.2, 0.25) is 0 Å². The topological polar surface area (TPSA) is 28.2 Å². The Labute approximate surface area is 127 Å². The Morgan fingerprint density at radius 1 is 1.19 bits per heavy atom. The van der Waals surface area contributed by atoms with E-state index >= 15 is 0 Å². The Hall–Kier alpha value is -1.87. The lowest BCUT2D eigenvalue weighted by atomic mass is 9.90. The summed E-state index contributed by atoms with van der Waals surface area (Å²) in [5.41, 5.74) is 4.15. The largest absolute Gasteiger partial charge is 0.385 e. The van der Waals surface area contributed by atoms with E-state index in [0.29, 0.717) is 5.92 Å². The summed E-state index contributed by atoms with van der Waals surface area (Å²) in [5, 5.41) is 3.50. The van der Waals surface area contributed by atoms with Gasteiger partial charge in [-0.3, -0.25) is 4.98 Å². The van der Waals surface area contributed by atoms with Crippen molar-refractivity contribution in [1.29, 1.82) is 0 Å². The molecule has 0 radical (unpaired) electrons. The fourth-order valence-electron chi connectivity index (χ4n) is 3.08. The molecule has 1 unspecified atom stereocenters. The van der Waals surface area contributed by atoms with Gasteiger partial charge in [0.15, 0.2) is 0 Å². The van der Waals surface area contributed by atoms with Crippen LogP contribution in [-0.4, -0.2) is 36.6 Å². The van der Waals surface area contributed by atoms with E-state index in [1.807, 2.05) is 12.4 Å². The van der Waals surface area contributed by atoms with Crippen molar-refractivity contribution in [3.63, 3.8) is 0 Å². The van der Waals surface area contributed by atoms with Gasteiger partial charge in [-0.1, -0.05) is 18.2 Å². The lowest BCUT2D eigenvalue weighted by Gasteiger charge is -2.30. The summed E-state index contributed by atoms with van der Waals surface area (Å²) in [7, 11) is 2.23. The highest BCUT2D eigenvalue weighted by Gasteiger charge is 2.20. The second-order valence-electron chi connectivity index (χ2n) is 5.87. The molecule has 0 saturated carbocycles.